The molecule has 5 nitrogen and oxygen atoms in total. The van der Waals surface area contributed by atoms with Crippen molar-refractivity contribution in [3.05, 3.63) is 47.0 Å². The maximum atomic E-state index is 13.0. The lowest BCUT2D eigenvalue weighted by atomic mass is 10.3. The Morgan fingerprint density at radius 3 is 2.52 bits per heavy atom. The van der Waals surface area contributed by atoms with E-state index in [1.165, 1.54) is 35.2 Å². The molecule has 0 radical (unpaired) electrons. The predicted octanol–water partition coefficient (Wildman–Crippen LogP) is 4.44. The van der Waals surface area contributed by atoms with Gasteiger partial charge in [0.1, 0.15) is 5.82 Å². The molecule has 9 heteroatoms. The first-order valence-corrected chi connectivity index (χ1v) is 12.0. The van der Waals surface area contributed by atoms with Gasteiger partial charge in [0.15, 0.2) is 16.3 Å². The third-order valence-electron chi connectivity index (χ3n) is 4.10. The van der Waals surface area contributed by atoms with Crippen molar-refractivity contribution in [1.29, 1.82) is 0 Å². The molecular formula is C20H21FN2O3S3. The predicted molar refractivity (Wildman–Crippen MR) is 119 cm³/mol. The Morgan fingerprint density at radius 2 is 1.86 bits per heavy atom. The van der Waals surface area contributed by atoms with Crippen molar-refractivity contribution >= 4 is 51.0 Å². The van der Waals surface area contributed by atoms with Gasteiger partial charge in [-0.05, 0) is 30.5 Å². The van der Waals surface area contributed by atoms with E-state index in [0.717, 1.165) is 27.4 Å². The third kappa shape index (κ3) is 5.34. The summed E-state index contributed by atoms with van der Waals surface area (Å²) in [6.45, 7) is 0.730. The number of amides is 1. The molecule has 154 valence electrons. The molecule has 0 aliphatic heterocycles. The van der Waals surface area contributed by atoms with Crippen molar-refractivity contribution in [2.75, 3.05) is 32.0 Å². The molecule has 0 bridgehead atoms. The number of hydrogen-bond acceptors (Lipinski definition) is 6. The summed E-state index contributed by atoms with van der Waals surface area (Å²) in [6, 6.07) is 9.90. The summed E-state index contributed by atoms with van der Waals surface area (Å²) in [5.74, 6) is 1.84. The fraction of sp³-hybridized carbons (Fsp3) is 0.300. The summed E-state index contributed by atoms with van der Waals surface area (Å²) in [4.78, 5) is 18.3. The van der Waals surface area contributed by atoms with Crippen LogP contribution in [0.1, 0.15) is 0 Å². The molecule has 0 unspecified atom stereocenters. The van der Waals surface area contributed by atoms with Gasteiger partial charge in [-0.15, -0.1) is 11.8 Å². The maximum absolute atomic E-state index is 13.0. The Morgan fingerprint density at radius 1 is 1.17 bits per heavy atom. The van der Waals surface area contributed by atoms with E-state index in [2.05, 4.69) is 4.99 Å². The second-order valence-electron chi connectivity index (χ2n) is 5.95. The van der Waals surface area contributed by atoms with Crippen LogP contribution in [0.3, 0.4) is 0 Å². The summed E-state index contributed by atoms with van der Waals surface area (Å²) >= 11 is 4.52. The van der Waals surface area contributed by atoms with Crippen LogP contribution in [-0.2, 0) is 11.3 Å². The van der Waals surface area contributed by atoms with Gasteiger partial charge < -0.3 is 14.0 Å². The molecule has 0 saturated carbocycles. The molecule has 0 spiro atoms. The molecule has 2 aromatic carbocycles. The number of fused-ring (bicyclic) bond motifs is 1. The second-order valence-corrected chi connectivity index (χ2v) is 9.00. The molecule has 29 heavy (non-hydrogen) atoms. The van der Waals surface area contributed by atoms with Gasteiger partial charge in [-0.25, -0.2) is 4.39 Å². The number of thioether (sulfide) groups is 2. The monoisotopic (exact) mass is 452 g/mol. The standard InChI is InChI=1S/C20H21FN2O3S3/c1-25-16-10-15-18(11-17(16)26-2)29-20(23(15)8-9-27-3)22-19(24)12-28-14-6-4-13(21)5-7-14/h4-7,10-11H,8-9,12H2,1-3H3. The van der Waals surface area contributed by atoms with Crippen LogP contribution in [-0.4, -0.2) is 42.5 Å². The number of carbonyl (C=O) groups excluding carboxylic acids is 1. The van der Waals surface area contributed by atoms with Crippen LogP contribution in [0.5, 0.6) is 11.5 Å². The number of carbonyl (C=O) groups is 1. The normalized spacial score (nSPS) is 11.8. The van der Waals surface area contributed by atoms with Crippen LogP contribution in [0.2, 0.25) is 0 Å². The number of thiazole rings is 1. The van der Waals surface area contributed by atoms with Crippen molar-refractivity contribution in [3.8, 4) is 11.5 Å². The second kappa shape index (κ2) is 10.2. The smallest absolute Gasteiger partial charge is 0.258 e. The fourth-order valence-electron chi connectivity index (χ4n) is 2.70. The molecule has 3 aromatic rings. The maximum Gasteiger partial charge on any atom is 0.258 e. The van der Waals surface area contributed by atoms with Crippen molar-refractivity contribution in [1.82, 2.24) is 4.57 Å². The van der Waals surface area contributed by atoms with Gasteiger partial charge >= 0.3 is 0 Å². The lowest BCUT2D eigenvalue weighted by molar-refractivity contribution is -0.115. The van der Waals surface area contributed by atoms with Gasteiger partial charge in [0.2, 0.25) is 0 Å². The van der Waals surface area contributed by atoms with Crippen molar-refractivity contribution < 1.29 is 18.7 Å². The van der Waals surface area contributed by atoms with Gasteiger partial charge in [-0.1, -0.05) is 11.3 Å². The highest BCUT2D eigenvalue weighted by molar-refractivity contribution is 8.00. The first kappa shape index (κ1) is 21.7. The lowest BCUT2D eigenvalue weighted by Crippen LogP contribution is -2.18. The summed E-state index contributed by atoms with van der Waals surface area (Å²) in [5, 5.41) is 0. The number of ether oxygens (including phenoxy) is 2. The Bertz CT molecular complexity index is 1060. The van der Waals surface area contributed by atoms with Crippen molar-refractivity contribution in [2.24, 2.45) is 4.99 Å². The van der Waals surface area contributed by atoms with Crippen LogP contribution < -0.4 is 14.3 Å². The van der Waals surface area contributed by atoms with Gasteiger partial charge in [0.25, 0.3) is 5.91 Å². The zero-order valence-corrected chi connectivity index (χ0v) is 18.8. The summed E-state index contributed by atoms with van der Waals surface area (Å²) in [6.07, 6.45) is 2.04. The van der Waals surface area contributed by atoms with Gasteiger partial charge in [0, 0.05) is 29.3 Å². The summed E-state index contributed by atoms with van der Waals surface area (Å²) < 4.78 is 26.8. The number of halogens is 1. The molecule has 3 rings (SSSR count). The zero-order chi connectivity index (χ0) is 20.8. The minimum absolute atomic E-state index is 0.190. The van der Waals surface area contributed by atoms with E-state index >= 15 is 0 Å². The van der Waals surface area contributed by atoms with Crippen molar-refractivity contribution in [2.45, 2.75) is 11.4 Å². The minimum atomic E-state index is -0.295. The Kier molecular flexibility index (Phi) is 7.63. The summed E-state index contributed by atoms with van der Waals surface area (Å²) in [5.41, 5.74) is 0.958. The number of rotatable bonds is 8. The van der Waals surface area contributed by atoms with Crippen LogP contribution in [0, 0.1) is 5.82 Å². The third-order valence-corrected chi connectivity index (χ3v) is 6.73. The molecular weight excluding hydrogens is 431 g/mol. The highest BCUT2D eigenvalue weighted by atomic mass is 32.2. The fourth-order valence-corrected chi connectivity index (χ4v) is 4.83. The number of aromatic nitrogens is 1. The number of nitrogens with zero attached hydrogens (tertiary/aromatic N) is 2. The highest BCUT2D eigenvalue weighted by Crippen LogP contribution is 2.33. The SMILES string of the molecule is COc1cc2sc(=NC(=O)CSc3ccc(F)cc3)n(CCSC)c2cc1OC. The van der Waals surface area contributed by atoms with Crippen LogP contribution in [0.25, 0.3) is 10.2 Å². The molecule has 0 aliphatic carbocycles. The van der Waals surface area contributed by atoms with E-state index in [-0.39, 0.29) is 17.5 Å². The number of hydrogen-bond donors (Lipinski definition) is 0. The topological polar surface area (TPSA) is 52.8 Å². The van der Waals surface area contributed by atoms with E-state index < -0.39 is 0 Å². The van der Waals surface area contributed by atoms with E-state index in [0.29, 0.717) is 16.3 Å². The Labute approximate surface area is 180 Å². The van der Waals surface area contributed by atoms with Crippen LogP contribution in [0.4, 0.5) is 4.39 Å². The quantitative estimate of drug-likeness (QED) is 0.473. The molecule has 0 atom stereocenters. The van der Waals surface area contributed by atoms with Crippen LogP contribution in [0.15, 0.2) is 46.3 Å². The minimum Gasteiger partial charge on any atom is -0.493 e. The molecule has 1 heterocycles. The molecule has 1 aromatic heterocycles. The first-order valence-electron chi connectivity index (χ1n) is 8.76. The average Bonchev–Trinajstić information content (AvgIpc) is 3.06. The number of benzene rings is 2. The van der Waals surface area contributed by atoms with Crippen molar-refractivity contribution in [3.63, 3.8) is 0 Å². The molecule has 0 fully saturated rings. The zero-order valence-electron chi connectivity index (χ0n) is 16.3. The Hall–Kier alpha value is -1.97. The Balaban J connectivity index is 1.92. The molecule has 0 saturated heterocycles. The van der Waals surface area contributed by atoms with Gasteiger partial charge in [-0.3, -0.25) is 4.79 Å². The first-order chi connectivity index (χ1) is 14.0. The largest absolute Gasteiger partial charge is 0.493 e. The average molecular weight is 453 g/mol. The van der Waals surface area contributed by atoms with Gasteiger partial charge in [0.05, 0.1) is 30.2 Å². The van der Waals surface area contributed by atoms with E-state index in [9.17, 15) is 9.18 Å². The van der Waals surface area contributed by atoms with Crippen LogP contribution >= 0.6 is 34.9 Å². The number of methoxy groups -OCH3 is 2. The number of aryl methyl sites for hydroxylation is 1. The van der Waals surface area contributed by atoms with Gasteiger partial charge in [-0.2, -0.15) is 16.8 Å². The lowest BCUT2D eigenvalue weighted by Gasteiger charge is -2.09. The molecule has 1 amide bonds. The van der Waals surface area contributed by atoms with E-state index in [4.69, 9.17) is 9.47 Å². The molecule has 0 aliphatic rings. The summed E-state index contributed by atoms with van der Waals surface area (Å²) in [7, 11) is 3.20. The van der Waals surface area contributed by atoms with E-state index in [1.54, 1.807) is 38.1 Å². The van der Waals surface area contributed by atoms with E-state index in [1.807, 2.05) is 23.0 Å². The molecule has 0 N–H and O–H groups in total. The highest BCUT2D eigenvalue weighted by Gasteiger charge is 2.13.